The van der Waals surface area contributed by atoms with E-state index >= 15 is 0 Å². The third-order valence-corrected chi connectivity index (χ3v) is 3.90. The molecule has 0 spiro atoms. The minimum Gasteiger partial charge on any atom is -0.330 e. The molecule has 0 fully saturated rings. The highest BCUT2D eigenvalue weighted by Gasteiger charge is 2.08. The van der Waals surface area contributed by atoms with Crippen LogP contribution in [0.2, 0.25) is 0 Å². The molecule has 0 aliphatic carbocycles. The van der Waals surface area contributed by atoms with Gasteiger partial charge in [-0.15, -0.1) is 0 Å². The molecule has 4 nitrogen and oxygen atoms in total. The summed E-state index contributed by atoms with van der Waals surface area (Å²) in [6.45, 7) is 2.95. The number of rotatable bonds is 7. The fourth-order valence-corrected chi connectivity index (χ4v) is 2.55. The lowest BCUT2D eigenvalue weighted by atomic mass is 9.96. The van der Waals surface area contributed by atoms with Crippen LogP contribution in [-0.4, -0.2) is 11.5 Å². The number of hydrogen-bond donors (Lipinski definition) is 1. The van der Waals surface area contributed by atoms with Crippen molar-refractivity contribution in [2.24, 2.45) is 11.7 Å². The SMILES string of the molecule is CC(CCN)CCc1cccc(-c2cccc([N+](=O)[O-])c2)c1. The molecule has 0 amide bonds. The number of aryl methyl sites for hydroxylation is 1. The van der Waals surface area contributed by atoms with Gasteiger partial charge >= 0.3 is 0 Å². The first-order chi connectivity index (χ1) is 10.6. The molecule has 22 heavy (non-hydrogen) atoms. The van der Waals surface area contributed by atoms with Crippen LogP contribution in [0.4, 0.5) is 5.69 Å². The first-order valence-corrected chi connectivity index (χ1v) is 7.64. The Labute approximate surface area is 131 Å². The Kier molecular flexibility index (Phi) is 5.67. The predicted octanol–water partition coefficient (Wildman–Crippen LogP) is 4.18. The van der Waals surface area contributed by atoms with Crippen LogP contribution >= 0.6 is 0 Å². The van der Waals surface area contributed by atoms with Gasteiger partial charge in [0.25, 0.3) is 5.69 Å². The molecule has 0 heterocycles. The van der Waals surface area contributed by atoms with Crippen LogP contribution in [0.15, 0.2) is 48.5 Å². The van der Waals surface area contributed by atoms with Crippen molar-refractivity contribution in [3.05, 3.63) is 64.2 Å². The Bertz CT molecular complexity index is 640. The largest absolute Gasteiger partial charge is 0.330 e. The van der Waals surface area contributed by atoms with E-state index in [1.54, 1.807) is 12.1 Å². The van der Waals surface area contributed by atoms with E-state index < -0.39 is 0 Å². The van der Waals surface area contributed by atoms with E-state index in [4.69, 9.17) is 5.73 Å². The number of benzene rings is 2. The smallest absolute Gasteiger partial charge is 0.270 e. The zero-order valence-electron chi connectivity index (χ0n) is 12.9. The Morgan fingerprint density at radius 2 is 1.77 bits per heavy atom. The monoisotopic (exact) mass is 298 g/mol. The van der Waals surface area contributed by atoms with Crippen LogP contribution in [0.5, 0.6) is 0 Å². The molecule has 2 rings (SSSR count). The summed E-state index contributed by atoms with van der Waals surface area (Å²) in [6.07, 6.45) is 3.16. The average molecular weight is 298 g/mol. The second-order valence-electron chi connectivity index (χ2n) is 5.73. The average Bonchev–Trinajstić information content (AvgIpc) is 2.53. The quantitative estimate of drug-likeness (QED) is 0.616. The van der Waals surface area contributed by atoms with Crippen LogP contribution < -0.4 is 5.73 Å². The molecule has 2 aromatic carbocycles. The van der Waals surface area contributed by atoms with Crippen LogP contribution in [0.25, 0.3) is 11.1 Å². The van der Waals surface area contributed by atoms with E-state index in [9.17, 15) is 10.1 Å². The summed E-state index contributed by atoms with van der Waals surface area (Å²) in [7, 11) is 0. The number of hydrogen-bond acceptors (Lipinski definition) is 3. The van der Waals surface area contributed by atoms with Crippen molar-refractivity contribution < 1.29 is 4.92 Å². The Morgan fingerprint density at radius 1 is 1.09 bits per heavy atom. The van der Waals surface area contributed by atoms with Gasteiger partial charge < -0.3 is 5.73 Å². The van der Waals surface area contributed by atoms with Crippen molar-refractivity contribution in [3.63, 3.8) is 0 Å². The van der Waals surface area contributed by atoms with E-state index in [0.29, 0.717) is 5.92 Å². The highest BCUT2D eigenvalue weighted by molar-refractivity contribution is 5.66. The molecule has 0 bridgehead atoms. The molecule has 0 aromatic heterocycles. The summed E-state index contributed by atoms with van der Waals surface area (Å²) < 4.78 is 0. The predicted molar refractivity (Wildman–Crippen MR) is 89.7 cm³/mol. The van der Waals surface area contributed by atoms with Gasteiger partial charge in [0.15, 0.2) is 0 Å². The van der Waals surface area contributed by atoms with E-state index in [0.717, 1.165) is 36.9 Å². The summed E-state index contributed by atoms with van der Waals surface area (Å²) in [4.78, 5) is 10.5. The maximum absolute atomic E-state index is 10.9. The molecule has 1 unspecified atom stereocenters. The number of nitrogens with two attached hydrogens (primary N) is 1. The van der Waals surface area contributed by atoms with Gasteiger partial charge in [0.05, 0.1) is 4.92 Å². The van der Waals surface area contributed by atoms with Crippen molar-refractivity contribution >= 4 is 5.69 Å². The van der Waals surface area contributed by atoms with Crippen molar-refractivity contribution in [2.45, 2.75) is 26.2 Å². The second kappa shape index (κ2) is 7.71. The Balaban J connectivity index is 2.14. The number of non-ortho nitro benzene ring substituents is 1. The normalized spacial score (nSPS) is 12.1. The summed E-state index contributed by atoms with van der Waals surface area (Å²) in [5, 5.41) is 10.9. The van der Waals surface area contributed by atoms with E-state index in [-0.39, 0.29) is 10.6 Å². The van der Waals surface area contributed by atoms with Gasteiger partial charge in [-0.1, -0.05) is 43.3 Å². The minimum absolute atomic E-state index is 0.125. The summed E-state index contributed by atoms with van der Waals surface area (Å²) in [6, 6.07) is 15.0. The highest BCUT2D eigenvalue weighted by Crippen LogP contribution is 2.25. The van der Waals surface area contributed by atoms with Crippen LogP contribution in [-0.2, 0) is 6.42 Å². The lowest BCUT2D eigenvalue weighted by Gasteiger charge is -2.10. The van der Waals surface area contributed by atoms with E-state index in [1.165, 1.54) is 11.6 Å². The molecule has 116 valence electrons. The topological polar surface area (TPSA) is 69.2 Å². The zero-order valence-corrected chi connectivity index (χ0v) is 12.9. The molecular weight excluding hydrogens is 276 g/mol. The van der Waals surface area contributed by atoms with Gasteiger partial charge in [-0.3, -0.25) is 10.1 Å². The number of nitro benzene ring substituents is 1. The lowest BCUT2D eigenvalue weighted by molar-refractivity contribution is -0.384. The minimum atomic E-state index is -0.359. The first kappa shape index (κ1) is 16.2. The van der Waals surface area contributed by atoms with Crippen molar-refractivity contribution in [1.82, 2.24) is 0 Å². The van der Waals surface area contributed by atoms with Gasteiger partial charge in [-0.25, -0.2) is 0 Å². The standard InChI is InChI=1S/C18H22N2O2/c1-14(10-11-19)8-9-15-4-2-5-16(12-15)17-6-3-7-18(13-17)20(21)22/h2-7,12-14H,8-11,19H2,1H3. The van der Waals surface area contributed by atoms with E-state index in [1.807, 2.05) is 18.2 Å². The van der Waals surface area contributed by atoms with E-state index in [2.05, 4.69) is 19.1 Å². The maximum Gasteiger partial charge on any atom is 0.270 e. The molecule has 0 saturated carbocycles. The fraction of sp³-hybridized carbons (Fsp3) is 0.333. The van der Waals surface area contributed by atoms with Crippen molar-refractivity contribution in [2.75, 3.05) is 6.54 Å². The fourth-order valence-electron chi connectivity index (χ4n) is 2.55. The lowest BCUT2D eigenvalue weighted by Crippen LogP contribution is -2.06. The zero-order chi connectivity index (χ0) is 15.9. The molecule has 1 atom stereocenters. The molecule has 0 saturated heterocycles. The number of nitrogens with zero attached hydrogens (tertiary/aromatic N) is 1. The molecule has 0 aliphatic heterocycles. The maximum atomic E-state index is 10.9. The van der Waals surface area contributed by atoms with Crippen LogP contribution in [0, 0.1) is 16.0 Å². The van der Waals surface area contributed by atoms with Crippen LogP contribution in [0.1, 0.15) is 25.3 Å². The molecular formula is C18H22N2O2. The van der Waals surface area contributed by atoms with Gasteiger partial charge in [0.1, 0.15) is 0 Å². The summed E-state index contributed by atoms with van der Waals surface area (Å²) >= 11 is 0. The molecule has 2 aromatic rings. The Hall–Kier alpha value is -2.20. The Morgan fingerprint density at radius 3 is 2.45 bits per heavy atom. The van der Waals surface area contributed by atoms with Gasteiger partial charge in [-0.2, -0.15) is 0 Å². The molecule has 0 radical (unpaired) electrons. The van der Waals surface area contributed by atoms with Gasteiger partial charge in [-0.05, 0) is 48.4 Å². The van der Waals surface area contributed by atoms with Crippen molar-refractivity contribution in [1.29, 1.82) is 0 Å². The third kappa shape index (κ3) is 4.40. The van der Waals surface area contributed by atoms with Gasteiger partial charge in [0.2, 0.25) is 0 Å². The van der Waals surface area contributed by atoms with Crippen molar-refractivity contribution in [3.8, 4) is 11.1 Å². The number of nitro groups is 1. The summed E-state index contributed by atoms with van der Waals surface area (Å²) in [5.74, 6) is 0.617. The molecule has 2 N–H and O–H groups in total. The third-order valence-electron chi connectivity index (χ3n) is 3.90. The first-order valence-electron chi connectivity index (χ1n) is 7.64. The highest BCUT2D eigenvalue weighted by atomic mass is 16.6. The van der Waals surface area contributed by atoms with Crippen LogP contribution in [0.3, 0.4) is 0 Å². The molecule has 0 aliphatic rings. The molecule has 4 heteroatoms. The second-order valence-corrected chi connectivity index (χ2v) is 5.73. The summed E-state index contributed by atoms with van der Waals surface area (Å²) in [5.41, 5.74) is 8.87. The van der Waals surface area contributed by atoms with Gasteiger partial charge in [0, 0.05) is 12.1 Å².